The van der Waals surface area contributed by atoms with Gasteiger partial charge in [-0.15, -0.1) is 0 Å². The second-order valence-electron chi connectivity index (χ2n) is 8.44. The van der Waals surface area contributed by atoms with E-state index in [2.05, 4.69) is 26.6 Å². The van der Waals surface area contributed by atoms with Gasteiger partial charge in [-0.1, -0.05) is 46.3 Å². The summed E-state index contributed by atoms with van der Waals surface area (Å²) in [5, 5.41) is 15.8. The number of fused-ring (bicyclic) bond motifs is 2. The highest BCUT2D eigenvalue weighted by Gasteiger charge is 2.33. The Morgan fingerprint density at radius 2 is 1.97 bits per heavy atom. The van der Waals surface area contributed by atoms with Gasteiger partial charge in [0.05, 0.1) is 13.7 Å². The van der Waals surface area contributed by atoms with Gasteiger partial charge in [-0.05, 0) is 60.4 Å². The molecule has 182 valence electrons. The van der Waals surface area contributed by atoms with Crippen molar-refractivity contribution in [2.45, 2.75) is 38.4 Å². The summed E-state index contributed by atoms with van der Waals surface area (Å²) in [4.78, 5) is 39.0. The number of rotatable bonds is 6. The van der Waals surface area contributed by atoms with Gasteiger partial charge in [-0.3, -0.25) is 9.59 Å². The van der Waals surface area contributed by atoms with Crippen LogP contribution in [0, 0.1) is 0 Å². The number of methoxy groups -OCH3 is 1. The molecule has 0 bridgehead atoms. The van der Waals surface area contributed by atoms with Crippen LogP contribution in [0.1, 0.15) is 24.5 Å². The van der Waals surface area contributed by atoms with Gasteiger partial charge >= 0.3 is 6.09 Å². The number of nitrogens with one attached hydrogen (secondary N) is 2. The van der Waals surface area contributed by atoms with Crippen LogP contribution in [0.25, 0.3) is 10.8 Å². The Morgan fingerprint density at radius 1 is 1.20 bits per heavy atom. The highest BCUT2D eigenvalue weighted by atomic mass is 79.9. The normalized spacial score (nSPS) is 16.3. The number of halogens is 1. The fourth-order valence-corrected chi connectivity index (χ4v) is 4.80. The van der Waals surface area contributed by atoms with Crippen molar-refractivity contribution in [2.75, 3.05) is 12.0 Å². The number of carboxylic acid groups (broad SMARTS) is 1. The molecule has 3 aromatic carbocycles. The highest BCUT2D eigenvalue weighted by Crippen LogP contribution is 2.35. The highest BCUT2D eigenvalue weighted by molar-refractivity contribution is 9.10. The predicted molar refractivity (Wildman–Crippen MR) is 137 cm³/mol. The smallest absolute Gasteiger partial charge is 0.405 e. The molecule has 0 fully saturated rings. The topological polar surface area (TPSA) is 108 Å². The molecule has 1 unspecified atom stereocenters. The van der Waals surface area contributed by atoms with Gasteiger partial charge in [0.1, 0.15) is 17.8 Å². The molecule has 0 spiro atoms. The molecule has 1 aliphatic heterocycles. The van der Waals surface area contributed by atoms with Gasteiger partial charge in [0.2, 0.25) is 11.8 Å². The van der Waals surface area contributed by atoms with Crippen LogP contribution in [0.4, 0.5) is 10.5 Å². The number of nitrogens with zero attached hydrogens (tertiary/aromatic N) is 1. The first kappa shape index (κ1) is 24.5. The number of para-hydroxylation sites is 1. The van der Waals surface area contributed by atoms with Crippen LogP contribution in [0.5, 0.6) is 5.75 Å². The first-order valence-electron chi connectivity index (χ1n) is 11.2. The average Bonchev–Trinajstić information content (AvgIpc) is 2.95. The van der Waals surface area contributed by atoms with Crippen LogP contribution in [-0.4, -0.2) is 42.2 Å². The van der Waals surface area contributed by atoms with Crippen molar-refractivity contribution >= 4 is 50.3 Å². The lowest BCUT2D eigenvalue weighted by Gasteiger charge is -2.28. The van der Waals surface area contributed by atoms with Gasteiger partial charge in [-0.2, -0.15) is 0 Å². The van der Waals surface area contributed by atoms with Gasteiger partial charge in [-0.25, -0.2) is 4.79 Å². The van der Waals surface area contributed by atoms with Crippen LogP contribution in [-0.2, 0) is 22.6 Å². The summed E-state index contributed by atoms with van der Waals surface area (Å²) in [6, 6.07) is 15.7. The fourth-order valence-electron chi connectivity index (χ4n) is 4.42. The number of ether oxygens (including phenoxy) is 1. The van der Waals surface area contributed by atoms with E-state index in [-0.39, 0.29) is 12.5 Å². The van der Waals surface area contributed by atoms with Crippen LogP contribution in [0.15, 0.2) is 59.1 Å². The molecule has 0 saturated heterocycles. The summed E-state index contributed by atoms with van der Waals surface area (Å²) in [7, 11) is 1.60. The van der Waals surface area contributed by atoms with Gasteiger partial charge in [0.25, 0.3) is 0 Å². The largest absolute Gasteiger partial charge is 0.496 e. The lowest BCUT2D eigenvalue weighted by Crippen LogP contribution is -2.53. The number of hydrogen-bond donors (Lipinski definition) is 3. The molecule has 1 heterocycles. The Kier molecular flexibility index (Phi) is 7.25. The second kappa shape index (κ2) is 10.4. The van der Waals surface area contributed by atoms with Crippen molar-refractivity contribution in [1.29, 1.82) is 0 Å². The van der Waals surface area contributed by atoms with Crippen LogP contribution >= 0.6 is 15.9 Å². The molecule has 2 atom stereocenters. The molecule has 0 aromatic heterocycles. The summed E-state index contributed by atoms with van der Waals surface area (Å²) in [6.45, 7) is 1.68. The van der Waals surface area contributed by atoms with Crippen LogP contribution in [0.3, 0.4) is 0 Å². The van der Waals surface area contributed by atoms with E-state index < -0.39 is 24.1 Å². The molecule has 3 amide bonds. The fraction of sp³-hybridized carbons (Fsp3) is 0.269. The molecular formula is C26H26BrN3O5. The molecule has 0 saturated carbocycles. The average molecular weight is 540 g/mol. The van der Waals surface area contributed by atoms with E-state index in [1.807, 2.05) is 54.6 Å². The molecule has 0 radical (unpaired) electrons. The number of benzene rings is 3. The molecule has 8 nitrogen and oxygen atoms in total. The van der Waals surface area contributed by atoms with Gasteiger partial charge < -0.3 is 25.4 Å². The molecular weight excluding hydrogens is 514 g/mol. The molecule has 1 aliphatic rings. The summed E-state index contributed by atoms with van der Waals surface area (Å²) < 4.78 is 6.60. The molecule has 0 aliphatic carbocycles. The minimum Gasteiger partial charge on any atom is -0.496 e. The molecule has 3 aromatic rings. The third-order valence-corrected chi connectivity index (χ3v) is 6.68. The van der Waals surface area contributed by atoms with E-state index in [0.29, 0.717) is 18.6 Å². The van der Waals surface area contributed by atoms with E-state index >= 15 is 0 Å². The second-order valence-corrected chi connectivity index (χ2v) is 9.35. The Morgan fingerprint density at radius 3 is 2.71 bits per heavy atom. The number of amides is 3. The number of anilines is 1. The van der Waals surface area contributed by atoms with Crippen molar-refractivity contribution in [3.8, 4) is 5.75 Å². The Hall–Kier alpha value is -3.59. The minimum atomic E-state index is -1.30. The maximum Gasteiger partial charge on any atom is 0.405 e. The van der Waals surface area contributed by atoms with E-state index in [4.69, 9.17) is 9.84 Å². The summed E-state index contributed by atoms with van der Waals surface area (Å²) >= 11 is 3.51. The maximum absolute atomic E-state index is 13.8. The van der Waals surface area contributed by atoms with Crippen molar-refractivity contribution in [3.63, 3.8) is 0 Å². The zero-order valence-electron chi connectivity index (χ0n) is 19.4. The van der Waals surface area contributed by atoms with Crippen LogP contribution < -0.4 is 20.3 Å². The Bertz CT molecular complexity index is 1300. The number of aryl methyl sites for hydroxylation is 1. The SMILES string of the molecule is COc1ccc2cc(Br)ccc2c1CN1C(=O)[C@@H](NC(=O)C(C)NC(=O)O)CCc2ccccc21. The number of hydrogen-bond acceptors (Lipinski definition) is 4. The Balaban J connectivity index is 1.73. The summed E-state index contributed by atoms with van der Waals surface area (Å²) in [6.07, 6.45) is -0.315. The zero-order chi connectivity index (χ0) is 25.1. The third-order valence-electron chi connectivity index (χ3n) is 6.19. The van der Waals surface area contributed by atoms with E-state index in [1.165, 1.54) is 6.92 Å². The maximum atomic E-state index is 13.8. The van der Waals surface area contributed by atoms with Crippen LogP contribution in [0.2, 0.25) is 0 Å². The Labute approximate surface area is 211 Å². The van der Waals surface area contributed by atoms with E-state index in [1.54, 1.807) is 12.0 Å². The van der Waals surface area contributed by atoms with Crippen molar-refractivity contribution in [2.24, 2.45) is 0 Å². The van der Waals surface area contributed by atoms with Crippen molar-refractivity contribution in [1.82, 2.24) is 10.6 Å². The third kappa shape index (κ3) is 5.24. The summed E-state index contributed by atoms with van der Waals surface area (Å²) in [5.74, 6) is -0.152. The molecule has 35 heavy (non-hydrogen) atoms. The van der Waals surface area contributed by atoms with E-state index in [9.17, 15) is 14.4 Å². The lowest BCUT2D eigenvalue weighted by atomic mass is 10.0. The molecule has 4 rings (SSSR count). The quantitative estimate of drug-likeness (QED) is 0.434. The van der Waals surface area contributed by atoms with Crippen molar-refractivity contribution < 1.29 is 24.2 Å². The molecule has 3 N–H and O–H groups in total. The molecule has 9 heteroatoms. The standard InChI is InChI=1S/C26H26BrN3O5/c1-15(28-26(33)34)24(31)29-21-11-7-16-5-3-4-6-22(16)30(25(21)32)14-20-19-10-9-18(27)13-17(19)8-12-23(20)35-2/h3-6,8-10,12-13,15,21,28H,7,11,14H2,1-2H3,(H,29,31)(H,33,34)/t15?,21-/m0/s1. The monoisotopic (exact) mass is 539 g/mol. The predicted octanol–water partition coefficient (Wildman–Crippen LogP) is 4.23. The van der Waals surface area contributed by atoms with Gasteiger partial charge in [0, 0.05) is 15.7 Å². The number of carbonyl (C=O) groups excluding carboxylic acids is 2. The first-order valence-corrected chi connectivity index (χ1v) is 12.0. The van der Waals surface area contributed by atoms with Gasteiger partial charge in [0.15, 0.2) is 0 Å². The first-order chi connectivity index (χ1) is 16.8. The summed E-state index contributed by atoms with van der Waals surface area (Å²) in [5.41, 5.74) is 2.63. The van der Waals surface area contributed by atoms with E-state index in [0.717, 1.165) is 32.1 Å². The number of carbonyl (C=O) groups is 3. The zero-order valence-corrected chi connectivity index (χ0v) is 21.0. The lowest BCUT2D eigenvalue weighted by molar-refractivity contribution is -0.128. The minimum absolute atomic E-state index is 0.243. The van der Waals surface area contributed by atoms with Crippen molar-refractivity contribution in [3.05, 3.63) is 70.2 Å².